The van der Waals surface area contributed by atoms with Gasteiger partial charge in [0, 0.05) is 15.7 Å². The minimum absolute atomic E-state index is 0.273. The van der Waals surface area contributed by atoms with Crippen molar-refractivity contribution in [2.75, 3.05) is 12.4 Å². The molecule has 0 bridgehead atoms. The highest BCUT2D eigenvalue weighted by Gasteiger charge is 2.23. The third kappa shape index (κ3) is 2.72. The fourth-order valence-electron chi connectivity index (χ4n) is 2.70. The van der Waals surface area contributed by atoms with E-state index >= 15 is 0 Å². The molecule has 1 unspecified atom stereocenters. The van der Waals surface area contributed by atoms with Crippen molar-refractivity contribution in [3.05, 3.63) is 57.6 Å². The summed E-state index contributed by atoms with van der Waals surface area (Å²) >= 11 is 12.1. The van der Waals surface area contributed by atoms with Gasteiger partial charge in [0.2, 0.25) is 0 Å². The molecule has 0 spiro atoms. The van der Waals surface area contributed by atoms with E-state index in [-0.39, 0.29) is 6.04 Å². The third-order valence-corrected chi connectivity index (χ3v) is 4.07. The van der Waals surface area contributed by atoms with Crippen molar-refractivity contribution in [3.8, 4) is 5.75 Å². The molecule has 0 radical (unpaired) electrons. The van der Waals surface area contributed by atoms with E-state index in [1.165, 1.54) is 11.1 Å². The normalized spacial score (nSPS) is 16.9. The zero-order valence-electron chi connectivity index (χ0n) is 11.1. The monoisotopic (exact) mass is 307 g/mol. The topological polar surface area (TPSA) is 21.3 Å². The molecular formula is C16H15Cl2NO. The number of rotatable bonds is 3. The zero-order chi connectivity index (χ0) is 14.1. The second-order valence-electron chi connectivity index (χ2n) is 4.96. The highest BCUT2D eigenvalue weighted by atomic mass is 35.5. The number of aryl methyl sites for hydroxylation is 1. The van der Waals surface area contributed by atoms with E-state index in [0.717, 1.165) is 24.3 Å². The molecule has 2 aromatic carbocycles. The molecule has 4 heteroatoms. The van der Waals surface area contributed by atoms with Gasteiger partial charge in [-0.25, -0.2) is 0 Å². The van der Waals surface area contributed by atoms with Crippen LogP contribution in [0.4, 0.5) is 5.69 Å². The van der Waals surface area contributed by atoms with E-state index in [9.17, 15) is 0 Å². The van der Waals surface area contributed by atoms with Crippen molar-refractivity contribution in [1.29, 1.82) is 0 Å². The van der Waals surface area contributed by atoms with Gasteiger partial charge in [-0.3, -0.25) is 0 Å². The standard InChI is InChI=1S/C16H15Cl2NO/c1-20-14-4-2-10-3-5-16(15(10)9-14)19-13-7-11(17)6-12(18)8-13/h2,4,6-9,16,19H,3,5H2,1H3. The van der Waals surface area contributed by atoms with Crippen LogP contribution in [-0.4, -0.2) is 7.11 Å². The molecule has 20 heavy (non-hydrogen) atoms. The van der Waals surface area contributed by atoms with Gasteiger partial charge in [-0.1, -0.05) is 29.3 Å². The lowest BCUT2D eigenvalue weighted by molar-refractivity contribution is 0.414. The predicted octanol–water partition coefficient (Wildman–Crippen LogP) is 5.10. The van der Waals surface area contributed by atoms with E-state index in [4.69, 9.17) is 27.9 Å². The van der Waals surface area contributed by atoms with Crippen molar-refractivity contribution in [3.63, 3.8) is 0 Å². The molecule has 2 aromatic rings. The number of halogens is 2. The van der Waals surface area contributed by atoms with Crippen LogP contribution in [0.25, 0.3) is 0 Å². The van der Waals surface area contributed by atoms with Crippen LogP contribution < -0.4 is 10.1 Å². The highest BCUT2D eigenvalue weighted by molar-refractivity contribution is 6.35. The molecule has 2 nitrogen and oxygen atoms in total. The van der Waals surface area contributed by atoms with Crippen LogP contribution in [0.1, 0.15) is 23.6 Å². The quantitative estimate of drug-likeness (QED) is 0.851. The molecule has 0 saturated heterocycles. The van der Waals surface area contributed by atoms with Crippen molar-refractivity contribution in [2.24, 2.45) is 0 Å². The van der Waals surface area contributed by atoms with Crippen LogP contribution in [0.3, 0.4) is 0 Å². The zero-order valence-corrected chi connectivity index (χ0v) is 12.6. The molecule has 0 amide bonds. The number of anilines is 1. The number of hydrogen-bond acceptors (Lipinski definition) is 2. The first kappa shape index (κ1) is 13.6. The largest absolute Gasteiger partial charge is 0.497 e. The summed E-state index contributed by atoms with van der Waals surface area (Å²) < 4.78 is 5.31. The summed E-state index contributed by atoms with van der Waals surface area (Å²) in [5.41, 5.74) is 3.61. The number of hydrogen-bond donors (Lipinski definition) is 1. The van der Waals surface area contributed by atoms with Crippen LogP contribution >= 0.6 is 23.2 Å². The van der Waals surface area contributed by atoms with Crippen LogP contribution in [0.2, 0.25) is 10.0 Å². The Morgan fingerprint density at radius 3 is 2.55 bits per heavy atom. The lowest BCUT2D eigenvalue weighted by atomic mass is 10.1. The van der Waals surface area contributed by atoms with Crippen molar-refractivity contribution >= 4 is 28.9 Å². The molecule has 1 atom stereocenters. The smallest absolute Gasteiger partial charge is 0.119 e. The van der Waals surface area contributed by atoms with Crippen molar-refractivity contribution in [2.45, 2.75) is 18.9 Å². The molecule has 1 aliphatic carbocycles. The van der Waals surface area contributed by atoms with E-state index in [1.54, 1.807) is 13.2 Å². The van der Waals surface area contributed by atoms with Gasteiger partial charge in [-0.2, -0.15) is 0 Å². The van der Waals surface area contributed by atoms with E-state index < -0.39 is 0 Å². The van der Waals surface area contributed by atoms with Gasteiger partial charge in [0.15, 0.2) is 0 Å². The molecule has 1 N–H and O–H groups in total. The molecule has 0 fully saturated rings. The predicted molar refractivity (Wildman–Crippen MR) is 84.1 cm³/mol. The summed E-state index contributed by atoms with van der Waals surface area (Å²) in [7, 11) is 1.69. The maximum absolute atomic E-state index is 6.04. The maximum Gasteiger partial charge on any atom is 0.119 e. The number of methoxy groups -OCH3 is 1. The van der Waals surface area contributed by atoms with Crippen molar-refractivity contribution < 1.29 is 4.74 Å². The number of ether oxygens (including phenoxy) is 1. The lowest BCUT2D eigenvalue weighted by Gasteiger charge is -2.16. The van der Waals surface area contributed by atoms with Gasteiger partial charge in [0.05, 0.1) is 13.2 Å². The summed E-state index contributed by atoms with van der Waals surface area (Å²) in [6.45, 7) is 0. The molecule has 0 aromatic heterocycles. The Kier molecular flexibility index (Phi) is 3.77. The minimum atomic E-state index is 0.273. The number of nitrogens with one attached hydrogen (secondary N) is 1. The van der Waals surface area contributed by atoms with Gasteiger partial charge in [-0.15, -0.1) is 0 Å². The lowest BCUT2D eigenvalue weighted by Crippen LogP contribution is -2.07. The SMILES string of the molecule is COc1ccc2c(c1)C(Nc1cc(Cl)cc(Cl)c1)CC2. The van der Waals surface area contributed by atoms with Gasteiger partial charge >= 0.3 is 0 Å². The molecule has 0 heterocycles. The fraction of sp³-hybridized carbons (Fsp3) is 0.250. The van der Waals surface area contributed by atoms with E-state index in [0.29, 0.717) is 10.0 Å². The van der Waals surface area contributed by atoms with Crippen LogP contribution in [-0.2, 0) is 6.42 Å². The Morgan fingerprint density at radius 1 is 1.10 bits per heavy atom. The summed E-state index contributed by atoms with van der Waals surface area (Å²) in [6.07, 6.45) is 2.14. The molecular weight excluding hydrogens is 293 g/mol. The third-order valence-electron chi connectivity index (χ3n) is 3.63. The Hall–Kier alpha value is -1.38. The average Bonchev–Trinajstić information content (AvgIpc) is 2.80. The van der Waals surface area contributed by atoms with E-state index in [2.05, 4.69) is 17.4 Å². The summed E-state index contributed by atoms with van der Waals surface area (Å²) in [5.74, 6) is 0.890. The summed E-state index contributed by atoms with van der Waals surface area (Å²) in [5, 5.41) is 4.79. The van der Waals surface area contributed by atoms with Crippen molar-refractivity contribution in [1.82, 2.24) is 0 Å². The van der Waals surface area contributed by atoms with Gasteiger partial charge in [-0.05, 0) is 54.3 Å². The molecule has 1 aliphatic rings. The Morgan fingerprint density at radius 2 is 1.85 bits per heavy atom. The first-order valence-electron chi connectivity index (χ1n) is 6.55. The maximum atomic E-state index is 6.04. The summed E-state index contributed by atoms with van der Waals surface area (Å²) in [4.78, 5) is 0. The Labute approximate surface area is 128 Å². The second kappa shape index (κ2) is 5.55. The fourth-order valence-corrected chi connectivity index (χ4v) is 3.22. The van der Waals surface area contributed by atoms with Crippen LogP contribution in [0, 0.1) is 0 Å². The highest BCUT2D eigenvalue weighted by Crippen LogP contribution is 2.36. The van der Waals surface area contributed by atoms with Gasteiger partial charge < -0.3 is 10.1 Å². The second-order valence-corrected chi connectivity index (χ2v) is 5.83. The Bertz CT molecular complexity index is 622. The molecule has 0 aliphatic heterocycles. The molecule has 104 valence electrons. The Balaban J connectivity index is 1.87. The summed E-state index contributed by atoms with van der Waals surface area (Å²) in [6, 6.07) is 12.1. The first-order chi connectivity index (χ1) is 9.65. The van der Waals surface area contributed by atoms with Gasteiger partial charge in [0.25, 0.3) is 0 Å². The number of benzene rings is 2. The van der Waals surface area contributed by atoms with E-state index in [1.807, 2.05) is 18.2 Å². The molecule has 0 saturated carbocycles. The first-order valence-corrected chi connectivity index (χ1v) is 7.31. The minimum Gasteiger partial charge on any atom is -0.497 e. The van der Waals surface area contributed by atoms with Gasteiger partial charge in [0.1, 0.15) is 5.75 Å². The average molecular weight is 308 g/mol. The van der Waals surface area contributed by atoms with Crippen LogP contribution in [0.15, 0.2) is 36.4 Å². The number of fused-ring (bicyclic) bond motifs is 1. The van der Waals surface area contributed by atoms with Crippen LogP contribution in [0.5, 0.6) is 5.75 Å². The molecule has 3 rings (SSSR count).